The maximum absolute atomic E-state index is 12.1. The first-order chi connectivity index (χ1) is 9.52. The molecule has 2 aromatic heterocycles. The average Bonchev–Trinajstić information content (AvgIpc) is 2.74. The van der Waals surface area contributed by atoms with Gasteiger partial charge in [-0.3, -0.25) is 4.79 Å². The van der Waals surface area contributed by atoms with Crippen molar-refractivity contribution in [3.63, 3.8) is 0 Å². The number of rotatable bonds is 5. The van der Waals surface area contributed by atoms with E-state index in [-0.39, 0.29) is 5.56 Å². The first kappa shape index (κ1) is 15.3. The minimum Gasteiger partial charge on any atom is -0.378 e. The van der Waals surface area contributed by atoms with Crippen LogP contribution in [0.2, 0.25) is 0 Å². The summed E-state index contributed by atoms with van der Waals surface area (Å²) in [4.78, 5) is 14.7. The van der Waals surface area contributed by atoms with Crippen LogP contribution in [0.4, 0.5) is 5.69 Å². The van der Waals surface area contributed by atoms with Gasteiger partial charge in [0.2, 0.25) is 0 Å². The van der Waals surface area contributed by atoms with Gasteiger partial charge in [-0.2, -0.15) is 5.10 Å². The Morgan fingerprint density at radius 1 is 1.45 bits per heavy atom. The molecule has 0 aliphatic carbocycles. The Balaban J connectivity index is 2.14. The summed E-state index contributed by atoms with van der Waals surface area (Å²) in [6, 6.07) is 2.17. The molecule has 20 heavy (non-hydrogen) atoms. The highest BCUT2D eigenvalue weighted by Gasteiger charge is 2.09. The van der Waals surface area contributed by atoms with Crippen LogP contribution in [0.15, 0.2) is 21.5 Å². The second-order valence-electron chi connectivity index (χ2n) is 4.71. The smallest absolute Gasteiger partial charge is 0.283 e. The minimum absolute atomic E-state index is 0.0876. The van der Waals surface area contributed by atoms with Crippen LogP contribution in [0, 0.1) is 13.8 Å². The number of nitrogens with one attached hydrogen (secondary N) is 1. The molecule has 2 aromatic rings. The van der Waals surface area contributed by atoms with E-state index in [0.717, 1.165) is 12.1 Å². The standard InChI is InChI=1S/C14H18BrN3OS/c1-4-5-18-14(19)13(15)12(8-17-18)16-7-11-6-9(2)10(3)20-11/h6,8,16H,4-5,7H2,1-3H3. The van der Waals surface area contributed by atoms with Crippen molar-refractivity contribution in [3.05, 3.63) is 42.4 Å². The van der Waals surface area contributed by atoms with Gasteiger partial charge < -0.3 is 5.32 Å². The van der Waals surface area contributed by atoms with E-state index in [0.29, 0.717) is 17.6 Å². The molecule has 0 bridgehead atoms. The molecule has 0 aliphatic rings. The summed E-state index contributed by atoms with van der Waals surface area (Å²) in [6.45, 7) is 7.60. The maximum atomic E-state index is 12.1. The van der Waals surface area contributed by atoms with Crippen molar-refractivity contribution in [1.82, 2.24) is 9.78 Å². The molecule has 2 rings (SSSR count). The molecule has 0 fully saturated rings. The number of halogens is 1. The van der Waals surface area contributed by atoms with Crippen molar-refractivity contribution >= 4 is 33.0 Å². The molecule has 0 spiro atoms. The monoisotopic (exact) mass is 355 g/mol. The quantitative estimate of drug-likeness (QED) is 0.889. The van der Waals surface area contributed by atoms with Crippen molar-refractivity contribution in [1.29, 1.82) is 0 Å². The first-order valence-electron chi connectivity index (χ1n) is 6.58. The molecule has 2 heterocycles. The molecule has 0 aromatic carbocycles. The summed E-state index contributed by atoms with van der Waals surface area (Å²) in [5.41, 5.74) is 1.96. The van der Waals surface area contributed by atoms with Gasteiger partial charge in [0.25, 0.3) is 5.56 Å². The molecule has 108 valence electrons. The van der Waals surface area contributed by atoms with E-state index in [9.17, 15) is 4.79 Å². The fraction of sp³-hybridized carbons (Fsp3) is 0.429. The lowest BCUT2D eigenvalue weighted by Gasteiger charge is -2.09. The molecule has 0 saturated carbocycles. The number of thiophene rings is 1. The molecule has 0 saturated heterocycles. The molecular weight excluding hydrogens is 338 g/mol. The van der Waals surface area contributed by atoms with Crippen molar-refractivity contribution in [2.24, 2.45) is 0 Å². The second-order valence-corrected chi connectivity index (χ2v) is 6.84. The van der Waals surface area contributed by atoms with Gasteiger partial charge >= 0.3 is 0 Å². The van der Waals surface area contributed by atoms with E-state index in [4.69, 9.17) is 0 Å². The lowest BCUT2D eigenvalue weighted by Crippen LogP contribution is -2.24. The van der Waals surface area contributed by atoms with Crippen LogP contribution in [0.5, 0.6) is 0 Å². The lowest BCUT2D eigenvalue weighted by molar-refractivity contribution is 0.566. The summed E-state index contributed by atoms with van der Waals surface area (Å²) in [5, 5.41) is 7.45. The van der Waals surface area contributed by atoms with Gasteiger partial charge in [0.15, 0.2) is 0 Å². The van der Waals surface area contributed by atoms with Gasteiger partial charge in [-0.05, 0) is 47.8 Å². The second kappa shape index (κ2) is 6.54. The molecule has 0 amide bonds. The van der Waals surface area contributed by atoms with E-state index in [1.165, 1.54) is 20.0 Å². The first-order valence-corrected chi connectivity index (χ1v) is 8.19. The third kappa shape index (κ3) is 3.30. The maximum Gasteiger partial charge on any atom is 0.283 e. The molecule has 0 aliphatic heterocycles. The Morgan fingerprint density at radius 3 is 2.80 bits per heavy atom. The predicted molar refractivity (Wildman–Crippen MR) is 87.6 cm³/mol. The number of anilines is 1. The summed E-state index contributed by atoms with van der Waals surface area (Å²) in [7, 11) is 0. The van der Waals surface area contributed by atoms with Gasteiger partial charge in [-0.15, -0.1) is 11.3 Å². The lowest BCUT2D eigenvalue weighted by atomic mass is 10.3. The third-order valence-electron chi connectivity index (χ3n) is 3.09. The highest BCUT2D eigenvalue weighted by molar-refractivity contribution is 9.10. The van der Waals surface area contributed by atoms with Crippen molar-refractivity contribution < 1.29 is 0 Å². The van der Waals surface area contributed by atoms with Gasteiger partial charge in [0.1, 0.15) is 4.47 Å². The topological polar surface area (TPSA) is 46.9 Å². The van der Waals surface area contributed by atoms with Crippen molar-refractivity contribution in [2.75, 3.05) is 5.32 Å². The van der Waals surface area contributed by atoms with Crippen LogP contribution in [0.1, 0.15) is 28.7 Å². The van der Waals surface area contributed by atoms with Crippen LogP contribution >= 0.6 is 27.3 Å². The van der Waals surface area contributed by atoms with Crippen LogP contribution in [0.25, 0.3) is 0 Å². The zero-order valence-electron chi connectivity index (χ0n) is 11.9. The zero-order chi connectivity index (χ0) is 14.7. The molecule has 0 atom stereocenters. The molecule has 4 nitrogen and oxygen atoms in total. The van der Waals surface area contributed by atoms with E-state index >= 15 is 0 Å². The fourth-order valence-corrected chi connectivity index (χ4v) is 3.32. The van der Waals surface area contributed by atoms with Crippen molar-refractivity contribution in [3.8, 4) is 0 Å². The van der Waals surface area contributed by atoms with E-state index in [1.807, 2.05) is 6.92 Å². The predicted octanol–water partition coefficient (Wildman–Crippen LogP) is 3.71. The number of aromatic nitrogens is 2. The van der Waals surface area contributed by atoms with Gasteiger partial charge in [-0.25, -0.2) is 4.68 Å². The van der Waals surface area contributed by atoms with Crippen LogP contribution < -0.4 is 10.9 Å². The van der Waals surface area contributed by atoms with E-state index in [2.05, 4.69) is 46.3 Å². The number of hydrogen-bond donors (Lipinski definition) is 1. The Labute approximate surface area is 131 Å². The Kier molecular flexibility index (Phi) is 4.99. The molecule has 0 radical (unpaired) electrons. The van der Waals surface area contributed by atoms with Crippen LogP contribution in [0.3, 0.4) is 0 Å². The van der Waals surface area contributed by atoms with Crippen molar-refractivity contribution in [2.45, 2.75) is 40.3 Å². The third-order valence-corrected chi connectivity index (χ3v) is 5.01. The number of aryl methyl sites for hydroxylation is 3. The molecular formula is C14H18BrN3OS. The van der Waals surface area contributed by atoms with Gasteiger partial charge in [0, 0.05) is 22.8 Å². The zero-order valence-corrected chi connectivity index (χ0v) is 14.3. The Bertz CT molecular complexity index is 643. The van der Waals surface area contributed by atoms with Crippen LogP contribution in [-0.4, -0.2) is 9.78 Å². The fourth-order valence-electron chi connectivity index (χ4n) is 1.88. The number of nitrogens with zero attached hydrogens (tertiary/aromatic N) is 2. The summed E-state index contributed by atoms with van der Waals surface area (Å²) < 4.78 is 2.03. The molecule has 1 N–H and O–H groups in total. The molecule has 0 unspecified atom stereocenters. The highest BCUT2D eigenvalue weighted by atomic mass is 79.9. The van der Waals surface area contributed by atoms with E-state index < -0.39 is 0 Å². The molecule has 6 heteroatoms. The Morgan fingerprint density at radius 2 is 2.20 bits per heavy atom. The normalized spacial score (nSPS) is 10.8. The van der Waals surface area contributed by atoms with Gasteiger partial charge in [0.05, 0.1) is 11.9 Å². The average molecular weight is 356 g/mol. The minimum atomic E-state index is -0.0876. The summed E-state index contributed by atoms with van der Waals surface area (Å²) in [5.74, 6) is 0. The summed E-state index contributed by atoms with van der Waals surface area (Å²) >= 11 is 5.14. The summed E-state index contributed by atoms with van der Waals surface area (Å²) in [6.07, 6.45) is 2.59. The highest BCUT2D eigenvalue weighted by Crippen LogP contribution is 2.23. The SMILES string of the molecule is CCCn1ncc(NCc2cc(C)c(C)s2)c(Br)c1=O. The van der Waals surface area contributed by atoms with E-state index in [1.54, 1.807) is 17.5 Å². The van der Waals surface area contributed by atoms with Gasteiger partial charge in [-0.1, -0.05) is 6.92 Å². The number of hydrogen-bond acceptors (Lipinski definition) is 4. The van der Waals surface area contributed by atoms with Crippen LogP contribution in [-0.2, 0) is 13.1 Å². The largest absolute Gasteiger partial charge is 0.378 e. The Hall–Kier alpha value is -1.14.